The molecule has 0 bridgehead atoms. The molecule has 150 valence electrons. The summed E-state index contributed by atoms with van der Waals surface area (Å²) >= 11 is 0. The molecule has 4 rings (SSSR count). The highest BCUT2D eigenvalue weighted by Gasteiger charge is 2.25. The van der Waals surface area contributed by atoms with Crippen LogP contribution in [0.5, 0.6) is 0 Å². The van der Waals surface area contributed by atoms with Crippen LogP contribution in [0.3, 0.4) is 0 Å². The molecule has 0 aliphatic carbocycles. The molecule has 1 amide bonds. The third-order valence-corrected chi connectivity index (χ3v) is 5.50. The van der Waals surface area contributed by atoms with Crippen molar-refractivity contribution >= 4 is 22.8 Å². The van der Waals surface area contributed by atoms with Gasteiger partial charge in [0.05, 0.1) is 13.7 Å². The minimum Gasteiger partial charge on any atom is -0.467 e. The van der Waals surface area contributed by atoms with Gasteiger partial charge in [-0.3, -0.25) is 9.69 Å². The molecule has 0 unspecified atom stereocenters. The fraction of sp³-hybridized carbons (Fsp3) is 0.304. The van der Waals surface area contributed by atoms with Crippen LogP contribution in [-0.4, -0.2) is 48.0 Å². The Morgan fingerprint density at radius 1 is 1.14 bits per heavy atom. The van der Waals surface area contributed by atoms with Crippen LogP contribution in [0.4, 0.5) is 0 Å². The molecule has 29 heavy (non-hydrogen) atoms. The monoisotopic (exact) mass is 391 g/mol. The fourth-order valence-corrected chi connectivity index (χ4v) is 3.99. The summed E-state index contributed by atoms with van der Waals surface area (Å²) in [7, 11) is 1.35. The molecule has 1 atom stereocenters. The van der Waals surface area contributed by atoms with E-state index in [9.17, 15) is 9.59 Å². The van der Waals surface area contributed by atoms with Gasteiger partial charge in [0, 0.05) is 36.6 Å². The Hall–Kier alpha value is -3.12. The van der Waals surface area contributed by atoms with Crippen molar-refractivity contribution in [3.8, 4) is 0 Å². The minimum absolute atomic E-state index is 0.167. The van der Waals surface area contributed by atoms with Crippen LogP contribution >= 0.6 is 0 Å². The third-order valence-electron chi connectivity index (χ3n) is 5.50. The number of hydrogen-bond donors (Lipinski definition) is 2. The maximum atomic E-state index is 12.7. The summed E-state index contributed by atoms with van der Waals surface area (Å²) in [5.41, 5.74) is 4.58. The molecular formula is C23H25N3O3. The van der Waals surface area contributed by atoms with Crippen LogP contribution in [0.25, 0.3) is 10.9 Å². The van der Waals surface area contributed by atoms with E-state index in [0.29, 0.717) is 6.42 Å². The number of carbonyl (C=O) groups is 2. The van der Waals surface area contributed by atoms with Gasteiger partial charge < -0.3 is 15.0 Å². The number of aromatic amines is 1. The zero-order valence-electron chi connectivity index (χ0n) is 16.5. The highest BCUT2D eigenvalue weighted by atomic mass is 16.5. The maximum Gasteiger partial charge on any atom is 0.328 e. The first-order valence-electron chi connectivity index (χ1n) is 9.85. The Balaban J connectivity index is 1.42. The number of aromatic nitrogens is 1. The normalized spacial score (nSPS) is 14.9. The van der Waals surface area contributed by atoms with E-state index in [1.165, 1.54) is 18.2 Å². The molecule has 1 aliphatic rings. The number of para-hydroxylation sites is 1. The van der Waals surface area contributed by atoms with Gasteiger partial charge in [0.15, 0.2) is 0 Å². The lowest BCUT2D eigenvalue weighted by Gasteiger charge is -2.28. The van der Waals surface area contributed by atoms with E-state index in [2.05, 4.69) is 27.3 Å². The van der Waals surface area contributed by atoms with Crippen molar-refractivity contribution in [1.29, 1.82) is 0 Å². The number of fused-ring (bicyclic) bond motifs is 2. The molecule has 6 heteroatoms. The van der Waals surface area contributed by atoms with Crippen LogP contribution in [0.1, 0.15) is 16.7 Å². The molecule has 3 aromatic rings. The van der Waals surface area contributed by atoms with Crippen LogP contribution < -0.4 is 5.32 Å². The SMILES string of the molecule is COC(=O)[C@H](Cc1c[nH]c2ccccc12)NC(=O)CN1CCc2ccccc2C1. The topological polar surface area (TPSA) is 74.4 Å². The van der Waals surface area contributed by atoms with E-state index in [1.807, 2.05) is 42.6 Å². The number of nitrogens with one attached hydrogen (secondary N) is 2. The largest absolute Gasteiger partial charge is 0.467 e. The molecule has 1 aliphatic heterocycles. The summed E-state index contributed by atoms with van der Waals surface area (Å²) in [6, 6.07) is 15.5. The molecule has 0 spiro atoms. The Morgan fingerprint density at radius 2 is 1.90 bits per heavy atom. The summed E-state index contributed by atoms with van der Waals surface area (Å²) in [5, 5.41) is 3.92. The van der Waals surface area contributed by atoms with Crippen molar-refractivity contribution in [3.63, 3.8) is 0 Å². The zero-order chi connectivity index (χ0) is 20.2. The molecule has 0 saturated heterocycles. The van der Waals surface area contributed by atoms with E-state index in [1.54, 1.807) is 0 Å². The summed E-state index contributed by atoms with van der Waals surface area (Å²) in [6.45, 7) is 1.83. The van der Waals surface area contributed by atoms with E-state index >= 15 is 0 Å². The molecule has 1 aromatic heterocycles. The van der Waals surface area contributed by atoms with Crippen molar-refractivity contribution in [2.24, 2.45) is 0 Å². The first kappa shape index (κ1) is 19.2. The number of esters is 1. The van der Waals surface area contributed by atoms with Crippen molar-refractivity contribution in [2.75, 3.05) is 20.2 Å². The third kappa shape index (κ3) is 4.32. The van der Waals surface area contributed by atoms with E-state index in [0.717, 1.165) is 36.0 Å². The Labute approximate surface area is 169 Å². The summed E-state index contributed by atoms with van der Waals surface area (Å²) in [6.07, 6.45) is 3.19. The second kappa shape index (κ2) is 8.49. The molecular weight excluding hydrogens is 366 g/mol. The van der Waals surface area contributed by atoms with Gasteiger partial charge in [-0.1, -0.05) is 42.5 Å². The van der Waals surface area contributed by atoms with Gasteiger partial charge in [-0.25, -0.2) is 4.79 Å². The lowest BCUT2D eigenvalue weighted by Crippen LogP contribution is -2.47. The van der Waals surface area contributed by atoms with Gasteiger partial charge in [0.1, 0.15) is 6.04 Å². The number of benzene rings is 2. The highest BCUT2D eigenvalue weighted by molar-refractivity contribution is 5.87. The predicted octanol–water partition coefficient (Wildman–Crippen LogP) is 2.43. The van der Waals surface area contributed by atoms with Gasteiger partial charge in [-0.2, -0.15) is 0 Å². The van der Waals surface area contributed by atoms with Crippen molar-refractivity contribution in [3.05, 3.63) is 71.4 Å². The van der Waals surface area contributed by atoms with E-state index in [4.69, 9.17) is 4.74 Å². The minimum atomic E-state index is -0.719. The van der Waals surface area contributed by atoms with Crippen molar-refractivity contribution in [2.45, 2.75) is 25.4 Å². The van der Waals surface area contributed by atoms with E-state index < -0.39 is 12.0 Å². The van der Waals surface area contributed by atoms with Gasteiger partial charge in [0.2, 0.25) is 5.91 Å². The van der Waals surface area contributed by atoms with Gasteiger partial charge in [-0.15, -0.1) is 0 Å². The van der Waals surface area contributed by atoms with Gasteiger partial charge in [0.25, 0.3) is 0 Å². The number of hydrogen-bond acceptors (Lipinski definition) is 4. The number of rotatable bonds is 6. The summed E-state index contributed by atoms with van der Waals surface area (Å²) in [5.74, 6) is -0.604. The maximum absolute atomic E-state index is 12.7. The molecule has 2 N–H and O–H groups in total. The van der Waals surface area contributed by atoms with Crippen LogP contribution in [0.15, 0.2) is 54.7 Å². The second-order valence-corrected chi connectivity index (χ2v) is 7.44. The van der Waals surface area contributed by atoms with Gasteiger partial charge >= 0.3 is 5.97 Å². The predicted molar refractivity (Wildman–Crippen MR) is 111 cm³/mol. The standard InChI is InChI=1S/C23H25N3O3/c1-29-23(28)21(12-18-13-24-20-9-5-4-8-19(18)20)25-22(27)15-26-11-10-16-6-2-3-7-17(16)14-26/h2-9,13,21,24H,10-12,14-15H2,1H3,(H,25,27)/t21-/m0/s1. The van der Waals surface area contributed by atoms with E-state index in [-0.39, 0.29) is 12.5 Å². The quantitative estimate of drug-likeness (QED) is 0.633. The van der Waals surface area contributed by atoms with Crippen LogP contribution in [0, 0.1) is 0 Å². The number of carbonyl (C=O) groups excluding carboxylic acids is 2. The Morgan fingerprint density at radius 3 is 2.72 bits per heavy atom. The van der Waals surface area contributed by atoms with Crippen LogP contribution in [0.2, 0.25) is 0 Å². The lowest BCUT2D eigenvalue weighted by molar-refractivity contribution is -0.145. The highest BCUT2D eigenvalue weighted by Crippen LogP contribution is 2.20. The first-order chi connectivity index (χ1) is 14.1. The van der Waals surface area contributed by atoms with Gasteiger partial charge in [-0.05, 0) is 29.2 Å². The fourth-order valence-electron chi connectivity index (χ4n) is 3.99. The van der Waals surface area contributed by atoms with Crippen molar-refractivity contribution < 1.29 is 14.3 Å². The lowest BCUT2D eigenvalue weighted by atomic mass is 10.00. The first-order valence-corrected chi connectivity index (χ1v) is 9.85. The number of nitrogens with zero attached hydrogens (tertiary/aromatic N) is 1. The summed E-state index contributed by atoms with van der Waals surface area (Å²) < 4.78 is 4.93. The summed E-state index contributed by atoms with van der Waals surface area (Å²) in [4.78, 5) is 30.3. The van der Waals surface area contributed by atoms with Crippen molar-refractivity contribution in [1.82, 2.24) is 15.2 Å². The number of ether oxygens (including phenoxy) is 1. The smallest absolute Gasteiger partial charge is 0.328 e. The molecule has 2 aromatic carbocycles. The molecule has 0 radical (unpaired) electrons. The number of H-pyrrole nitrogens is 1. The number of methoxy groups -OCH3 is 1. The zero-order valence-corrected chi connectivity index (χ0v) is 16.5. The molecule has 2 heterocycles. The molecule has 0 fully saturated rings. The Kier molecular flexibility index (Phi) is 5.62. The molecule has 0 saturated carbocycles. The second-order valence-electron chi connectivity index (χ2n) is 7.44. The average Bonchev–Trinajstić information content (AvgIpc) is 3.15. The number of amides is 1. The molecule has 6 nitrogen and oxygen atoms in total. The average molecular weight is 391 g/mol. The van der Waals surface area contributed by atoms with Crippen LogP contribution in [-0.2, 0) is 33.7 Å². The Bertz CT molecular complexity index is 1030.